The molecule has 2 N–H and O–H groups in total. The van der Waals surface area contributed by atoms with Crippen molar-refractivity contribution in [1.29, 1.82) is 0 Å². The zero-order chi connectivity index (χ0) is 21.8. The molecule has 0 saturated carbocycles. The number of guanidine groups is 1. The summed E-state index contributed by atoms with van der Waals surface area (Å²) in [5.74, 6) is 0.843. The van der Waals surface area contributed by atoms with Crippen molar-refractivity contribution in [1.82, 2.24) is 10.6 Å². The molecule has 0 bridgehead atoms. The van der Waals surface area contributed by atoms with Crippen molar-refractivity contribution < 1.29 is 13.2 Å². The number of rotatable bonds is 11. The van der Waals surface area contributed by atoms with E-state index in [9.17, 15) is 8.42 Å². The molecule has 2 aromatic carbocycles. The summed E-state index contributed by atoms with van der Waals surface area (Å²) in [5, 5.41) is 6.49. The van der Waals surface area contributed by atoms with Gasteiger partial charge in [-0.15, -0.1) is 24.0 Å². The average Bonchev–Trinajstić information content (AvgIpc) is 2.71. The zero-order valence-electron chi connectivity index (χ0n) is 18.5. The van der Waals surface area contributed by atoms with Crippen LogP contribution in [0.4, 0.5) is 0 Å². The van der Waals surface area contributed by atoms with Gasteiger partial charge in [-0.05, 0) is 37.0 Å². The van der Waals surface area contributed by atoms with Gasteiger partial charge in [0.1, 0.15) is 9.84 Å². The molecule has 2 aromatic rings. The summed E-state index contributed by atoms with van der Waals surface area (Å²) in [6.45, 7) is 6.36. The van der Waals surface area contributed by atoms with E-state index in [1.165, 1.54) is 6.26 Å². The Morgan fingerprint density at radius 1 is 1.03 bits per heavy atom. The molecule has 0 aliphatic carbocycles. The van der Waals surface area contributed by atoms with Crippen molar-refractivity contribution in [2.45, 2.75) is 46.1 Å². The average molecular weight is 560 g/mol. The van der Waals surface area contributed by atoms with Gasteiger partial charge in [-0.25, -0.2) is 13.4 Å². The third-order valence-electron chi connectivity index (χ3n) is 4.44. The third kappa shape index (κ3) is 12.1. The molecule has 0 aliphatic heterocycles. The topological polar surface area (TPSA) is 79.8 Å². The molecule has 2 rings (SSSR count). The van der Waals surface area contributed by atoms with Gasteiger partial charge < -0.3 is 15.4 Å². The molecular weight excluding hydrogens is 525 g/mol. The van der Waals surface area contributed by atoms with Crippen molar-refractivity contribution in [3.05, 3.63) is 71.3 Å². The van der Waals surface area contributed by atoms with Crippen LogP contribution in [0.25, 0.3) is 0 Å². The molecule has 0 radical (unpaired) electrons. The Labute approximate surface area is 203 Å². The Bertz CT molecular complexity index is 905. The fourth-order valence-electron chi connectivity index (χ4n) is 2.87. The normalized spacial score (nSPS) is 12.7. The van der Waals surface area contributed by atoms with Crippen LogP contribution in [-0.4, -0.2) is 39.0 Å². The van der Waals surface area contributed by atoms with Crippen LogP contribution in [0, 0.1) is 0 Å². The monoisotopic (exact) mass is 559 g/mol. The highest BCUT2D eigenvalue weighted by Crippen LogP contribution is 2.10. The molecule has 1 unspecified atom stereocenters. The predicted molar refractivity (Wildman–Crippen MR) is 139 cm³/mol. The summed E-state index contributed by atoms with van der Waals surface area (Å²) in [4.78, 5) is 4.64. The minimum atomic E-state index is -2.97. The van der Waals surface area contributed by atoms with Gasteiger partial charge in [-0.3, -0.25) is 0 Å². The van der Waals surface area contributed by atoms with Crippen LogP contribution < -0.4 is 10.6 Å². The minimum absolute atomic E-state index is 0. The van der Waals surface area contributed by atoms with Gasteiger partial charge in [-0.2, -0.15) is 0 Å². The number of aliphatic imine (C=N–C) groups is 1. The molecule has 0 heterocycles. The molecule has 172 valence electrons. The lowest BCUT2D eigenvalue weighted by atomic mass is 10.1. The maximum Gasteiger partial charge on any atom is 0.191 e. The zero-order valence-corrected chi connectivity index (χ0v) is 21.7. The minimum Gasteiger partial charge on any atom is -0.372 e. The number of halogens is 1. The van der Waals surface area contributed by atoms with Crippen LogP contribution in [0.3, 0.4) is 0 Å². The predicted octanol–water partition coefficient (Wildman–Crippen LogP) is 3.90. The van der Waals surface area contributed by atoms with E-state index < -0.39 is 9.84 Å². The SMILES string of the molecule is CCNC(=NCc1cccc(COCc2ccccc2)c1)NC(C)CCS(C)(=O)=O.I. The van der Waals surface area contributed by atoms with Crippen molar-refractivity contribution in [2.24, 2.45) is 4.99 Å². The first-order valence-corrected chi connectivity index (χ1v) is 12.3. The van der Waals surface area contributed by atoms with Crippen LogP contribution in [-0.2, 0) is 34.3 Å². The highest BCUT2D eigenvalue weighted by molar-refractivity contribution is 14.0. The Morgan fingerprint density at radius 3 is 2.35 bits per heavy atom. The fourth-order valence-corrected chi connectivity index (χ4v) is 3.65. The van der Waals surface area contributed by atoms with E-state index in [1.807, 2.05) is 44.2 Å². The summed E-state index contributed by atoms with van der Waals surface area (Å²) in [6, 6.07) is 18.3. The van der Waals surface area contributed by atoms with Crippen molar-refractivity contribution in [3.63, 3.8) is 0 Å². The summed E-state index contributed by atoms with van der Waals surface area (Å²) < 4.78 is 28.5. The van der Waals surface area contributed by atoms with Crippen LogP contribution in [0.1, 0.15) is 37.0 Å². The van der Waals surface area contributed by atoms with Gasteiger partial charge >= 0.3 is 0 Å². The number of sulfone groups is 1. The quantitative estimate of drug-likeness (QED) is 0.248. The van der Waals surface area contributed by atoms with E-state index in [1.54, 1.807) is 0 Å². The molecule has 1 atom stereocenters. The second-order valence-electron chi connectivity index (χ2n) is 7.46. The summed E-state index contributed by atoms with van der Waals surface area (Å²) >= 11 is 0. The Kier molecular flexibility index (Phi) is 12.7. The van der Waals surface area contributed by atoms with Crippen molar-refractivity contribution in [3.8, 4) is 0 Å². The highest BCUT2D eigenvalue weighted by Gasteiger charge is 2.09. The molecule has 0 amide bonds. The van der Waals surface area contributed by atoms with Crippen LogP contribution in [0.2, 0.25) is 0 Å². The van der Waals surface area contributed by atoms with E-state index in [0.29, 0.717) is 32.1 Å². The number of hydrogen-bond acceptors (Lipinski definition) is 4. The fraction of sp³-hybridized carbons (Fsp3) is 0.435. The molecule has 0 spiro atoms. The number of hydrogen-bond donors (Lipinski definition) is 2. The molecular formula is C23H34IN3O3S. The van der Waals surface area contributed by atoms with Crippen molar-refractivity contribution in [2.75, 3.05) is 18.6 Å². The lowest BCUT2D eigenvalue weighted by Crippen LogP contribution is -2.42. The molecule has 31 heavy (non-hydrogen) atoms. The molecule has 6 nitrogen and oxygen atoms in total. The molecule has 0 aliphatic rings. The van der Waals surface area contributed by atoms with E-state index in [2.05, 4.69) is 39.9 Å². The van der Waals surface area contributed by atoms with E-state index in [4.69, 9.17) is 4.74 Å². The van der Waals surface area contributed by atoms with E-state index in [-0.39, 0.29) is 35.8 Å². The van der Waals surface area contributed by atoms with Crippen LogP contribution >= 0.6 is 24.0 Å². The van der Waals surface area contributed by atoms with Crippen molar-refractivity contribution >= 4 is 39.8 Å². The first kappa shape index (κ1) is 27.4. The van der Waals surface area contributed by atoms with Gasteiger partial charge in [0.05, 0.1) is 25.5 Å². The van der Waals surface area contributed by atoms with E-state index in [0.717, 1.165) is 23.2 Å². The molecule has 0 saturated heterocycles. The van der Waals surface area contributed by atoms with Gasteiger partial charge in [0.25, 0.3) is 0 Å². The summed E-state index contributed by atoms with van der Waals surface area (Å²) in [5.41, 5.74) is 3.36. The Hall–Kier alpha value is -1.65. The Balaban J connectivity index is 0.00000480. The number of nitrogens with one attached hydrogen (secondary N) is 2. The smallest absolute Gasteiger partial charge is 0.191 e. The maximum absolute atomic E-state index is 11.4. The summed E-state index contributed by atoms with van der Waals surface area (Å²) in [6.07, 6.45) is 1.80. The van der Waals surface area contributed by atoms with Gasteiger partial charge in [0, 0.05) is 18.8 Å². The second-order valence-corrected chi connectivity index (χ2v) is 9.72. The first-order chi connectivity index (χ1) is 14.4. The first-order valence-electron chi connectivity index (χ1n) is 10.3. The van der Waals surface area contributed by atoms with E-state index >= 15 is 0 Å². The van der Waals surface area contributed by atoms with Gasteiger partial charge in [0.2, 0.25) is 0 Å². The molecule has 0 aromatic heterocycles. The standard InChI is InChI=1S/C23H33N3O3S.HI/c1-4-24-23(26-19(2)13-14-30(3,27)28)25-16-21-11-8-12-22(15-21)18-29-17-20-9-6-5-7-10-20;/h5-12,15,19H,4,13-14,16-18H2,1-3H3,(H2,24,25,26);1H. The lowest BCUT2D eigenvalue weighted by molar-refractivity contribution is 0.107. The van der Waals surface area contributed by atoms with Gasteiger partial charge in [-0.1, -0.05) is 54.6 Å². The second kappa shape index (κ2) is 14.4. The number of benzene rings is 2. The maximum atomic E-state index is 11.4. The largest absolute Gasteiger partial charge is 0.372 e. The van der Waals surface area contributed by atoms with Gasteiger partial charge in [0.15, 0.2) is 5.96 Å². The molecule has 8 heteroatoms. The summed E-state index contributed by atoms with van der Waals surface area (Å²) in [7, 11) is -2.97. The number of ether oxygens (including phenoxy) is 1. The third-order valence-corrected chi connectivity index (χ3v) is 5.42. The number of nitrogens with zero attached hydrogens (tertiary/aromatic N) is 1. The van der Waals surface area contributed by atoms with Crippen LogP contribution in [0.5, 0.6) is 0 Å². The lowest BCUT2D eigenvalue weighted by Gasteiger charge is -2.17. The highest BCUT2D eigenvalue weighted by atomic mass is 127. The van der Waals surface area contributed by atoms with Crippen LogP contribution in [0.15, 0.2) is 59.6 Å². The molecule has 0 fully saturated rings. The Morgan fingerprint density at radius 2 is 1.68 bits per heavy atom.